The van der Waals surface area contributed by atoms with Gasteiger partial charge in [-0.1, -0.05) is 67.6 Å². The summed E-state index contributed by atoms with van der Waals surface area (Å²) in [4.78, 5) is 9.41. The number of hydrogen-bond acceptors (Lipinski definition) is 3. The lowest BCUT2D eigenvalue weighted by Gasteiger charge is -2.16. The molecule has 5 N–H and O–H groups in total. The van der Waals surface area contributed by atoms with E-state index in [-0.39, 0.29) is 0 Å². The van der Waals surface area contributed by atoms with Crippen LogP contribution in [0.5, 0.6) is 0 Å². The average molecular weight is 609 g/mol. The molecule has 28 heavy (non-hydrogen) atoms. The van der Waals surface area contributed by atoms with Crippen LogP contribution in [0.3, 0.4) is 0 Å². The average Bonchev–Trinajstić information content (AvgIpc) is 2.69. The van der Waals surface area contributed by atoms with Crippen molar-refractivity contribution >= 4 is 60.6 Å². The molecule has 0 aliphatic carbocycles. The standard InChI is InChI=1S/C21H33I2N5/c1-4-16-9-7-8-10-18(16)19(24)17(5-2)20(28-21(23)25)27-14-15(11-12-22)13-26-6-3/h7-10,15,26H,4-6,11-14,24H2,1-3H3,(H2,25,27,28). The smallest absolute Gasteiger partial charge is 0.164 e. The van der Waals surface area contributed by atoms with Crippen LogP contribution in [0.1, 0.15) is 44.7 Å². The fourth-order valence-electron chi connectivity index (χ4n) is 3.00. The van der Waals surface area contributed by atoms with E-state index in [1.54, 1.807) is 0 Å². The monoisotopic (exact) mass is 609 g/mol. The van der Waals surface area contributed by atoms with Crippen molar-refractivity contribution in [1.29, 1.82) is 0 Å². The van der Waals surface area contributed by atoms with Gasteiger partial charge in [0.25, 0.3) is 0 Å². The van der Waals surface area contributed by atoms with Crippen molar-refractivity contribution in [3.63, 3.8) is 0 Å². The fourth-order valence-corrected chi connectivity index (χ4v) is 4.11. The van der Waals surface area contributed by atoms with Crippen LogP contribution in [-0.2, 0) is 6.42 Å². The molecule has 1 rings (SSSR count). The maximum absolute atomic E-state index is 6.62. The van der Waals surface area contributed by atoms with Gasteiger partial charge in [0.1, 0.15) is 0 Å². The fraction of sp³-hybridized carbons (Fsp3) is 0.524. The molecular weight excluding hydrogens is 576 g/mol. The van der Waals surface area contributed by atoms with Gasteiger partial charge in [-0.05, 0) is 70.9 Å². The number of halogens is 2. The van der Waals surface area contributed by atoms with Crippen molar-refractivity contribution in [2.24, 2.45) is 27.4 Å². The van der Waals surface area contributed by atoms with Gasteiger partial charge in [-0.3, -0.25) is 4.99 Å². The third-order valence-electron chi connectivity index (χ3n) is 4.55. The van der Waals surface area contributed by atoms with Gasteiger partial charge in [-0.2, -0.15) is 0 Å². The van der Waals surface area contributed by atoms with Crippen LogP contribution in [0.4, 0.5) is 0 Å². The Morgan fingerprint density at radius 3 is 2.46 bits per heavy atom. The molecule has 0 heterocycles. The van der Waals surface area contributed by atoms with E-state index in [0.717, 1.165) is 53.6 Å². The summed E-state index contributed by atoms with van der Waals surface area (Å²) < 4.78 is 1.58. The molecule has 0 fully saturated rings. The van der Waals surface area contributed by atoms with Crippen LogP contribution in [0.25, 0.3) is 5.70 Å². The lowest BCUT2D eigenvalue weighted by Crippen LogP contribution is -2.25. The van der Waals surface area contributed by atoms with E-state index in [2.05, 4.69) is 65.8 Å². The first-order valence-electron chi connectivity index (χ1n) is 9.86. The minimum atomic E-state index is 0.469. The molecule has 0 amide bonds. The van der Waals surface area contributed by atoms with Crippen molar-refractivity contribution in [2.45, 2.75) is 40.0 Å². The summed E-state index contributed by atoms with van der Waals surface area (Å²) in [5.74, 6) is 1.13. The lowest BCUT2D eigenvalue weighted by molar-refractivity contribution is 0.486. The second kappa shape index (κ2) is 14.3. The highest BCUT2D eigenvalue weighted by molar-refractivity contribution is 14.1. The molecule has 1 atom stereocenters. The predicted octanol–water partition coefficient (Wildman–Crippen LogP) is 4.53. The molecular formula is C21H33I2N5. The summed E-state index contributed by atoms with van der Waals surface area (Å²) >= 11 is 4.45. The van der Waals surface area contributed by atoms with Crippen molar-refractivity contribution in [3.05, 3.63) is 41.0 Å². The summed E-state index contributed by atoms with van der Waals surface area (Å²) in [6.07, 6.45) is 2.80. The van der Waals surface area contributed by atoms with Gasteiger partial charge in [-0.25, -0.2) is 4.99 Å². The van der Waals surface area contributed by atoms with E-state index in [4.69, 9.17) is 16.5 Å². The van der Waals surface area contributed by atoms with Gasteiger partial charge in [0.2, 0.25) is 0 Å². The minimum absolute atomic E-state index is 0.469. The lowest BCUT2D eigenvalue weighted by atomic mass is 9.98. The Balaban J connectivity index is 3.33. The first-order chi connectivity index (χ1) is 13.5. The van der Waals surface area contributed by atoms with Crippen LogP contribution in [0.15, 0.2) is 39.8 Å². The molecule has 1 aromatic carbocycles. The van der Waals surface area contributed by atoms with Gasteiger partial charge in [0, 0.05) is 23.4 Å². The van der Waals surface area contributed by atoms with Crippen molar-refractivity contribution in [1.82, 2.24) is 5.32 Å². The number of rotatable bonds is 11. The van der Waals surface area contributed by atoms with Crippen molar-refractivity contribution in [3.8, 4) is 0 Å². The number of hydrogen-bond donors (Lipinski definition) is 3. The highest BCUT2D eigenvalue weighted by atomic mass is 127. The summed E-state index contributed by atoms with van der Waals surface area (Å²) in [7, 11) is 0. The van der Waals surface area contributed by atoms with Gasteiger partial charge in [-0.15, -0.1) is 0 Å². The maximum Gasteiger partial charge on any atom is 0.164 e. The van der Waals surface area contributed by atoms with E-state index >= 15 is 0 Å². The third kappa shape index (κ3) is 8.36. The molecule has 0 aliphatic heterocycles. The molecule has 0 spiro atoms. The molecule has 1 unspecified atom stereocenters. The molecule has 0 radical (unpaired) electrons. The van der Waals surface area contributed by atoms with Gasteiger partial charge >= 0.3 is 0 Å². The van der Waals surface area contributed by atoms with E-state index < -0.39 is 0 Å². The molecule has 5 nitrogen and oxygen atoms in total. The SMILES string of the molecule is CCNCC(CCI)CN=C(N=C(N)I)C(CC)=C(N)c1ccccc1CC. The van der Waals surface area contributed by atoms with Crippen molar-refractivity contribution < 1.29 is 0 Å². The molecule has 0 saturated heterocycles. The number of aryl methyl sites for hydroxylation is 1. The zero-order valence-corrected chi connectivity index (χ0v) is 21.5. The molecule has 0 aliphatic rings. The number of benzene rings is 1. The summed E-state index contributed by atoms with van der Waals surface area (Å²) in [5, 5.41) is 3.43. The minimum Gasteiger partial charge on any atom is -0.398 e. The van der Waals surface area contributed by atoms with E-state index in [9.17, 15) is 0 Å². The van der Waals surface area contributed by atoms with Crippen LogP contribution >= 0.6 is 45.2 Å². The second-order valence-electron chi connectivity index (χ2n) is 6.51. The molecule has 0 aromatic heterocycles. The summed E-state index contributed by atoms with van der Waals surface area (Å²) in [6, 6.07) is 8.26. The Hall–Kier alpha value is -0.680. The molecule has 156 valence electrons. The molecule has 7 heteroatoms. The second-order valence-corrected chi connectivity index (χ2v) is 8.69. The Morgan fingerprint density at radius 2 is 1.89 bits per heavy atom. The zero-order valence-electron chi connectivity index (χ0n) is 17.1. The topological polar surface area (TPSA) is 88.8 Å². The van der Waals surface area contributed by atoms with Crippen LogP contribution < -0.4 is 16.8 Å². The Morgan fingerprint density at radius 1 is 1.18 bits per heavy atom. The van der Waals surface area contributed by atoms with Crippen LogP contribution in [0.2, 0.25) is 0 Å². The number of amidine groups is 2. The number of nitrogens with one attached hydrogen (secondary N) is 1. The van der Waals surface area contributed by atoms with Gasteiger partial charge in [0.15, 0.2) is 9.68 Å². The van der Waals surface area contributed by atoms with E-state index in [1.165, 1.54) is 5.56 Å². The highest BCUT2D eigenvalue weighted by Gasteiger charge is 2.15. The van der Waals surface area contributed by atoms with Crippen molar-refractivity contribution in [2.75, 3.05) is 24.1 Å². The third-order valence-corrected chi connectivity index (χ3v) is 5.41. The number of nitrogens with two attached hydrogens (primary N) is 2. The zero-order chi connectivity index (χ0) is 20.9. The Bertz CT molecular complexity index is 694. The molecule has 1 aromatic rings. The number of nitrogens with zero attached hydrogens (tertiary/aromatic N) is 2. The van der Waals surface area contributed by atoms with E-state index in [1.807, 2.05) is 34.7 Å². The molecule has 0 bridgehead atoms. The maximum atomic E-state index is 6.62. The highest BCUT2D eigenvalue weighted by Crippen LogP contribution is 2.22. The number of aliphatic imine (C=N–C) groups is 2. The summed E-state index contributed by atoms with van der Waals surface area (Å²) in [6.45, 7) is 8.99. The van der Waals surface area contributed by atoms with Crippen LogP contribution in [-0.4, -0.2) is 33.7 Å². The van der Waals surface area contributed by atoms with Gasteiger partial charge < -0.3 is 16.8 Å². The first kappa shape index (κ1) is 25.4. The van der Waals surface area contributed by atoms with Crippen LogP contribution in [0, 0.1) is 5.92 Å². The molecule has 0 saturated carbocycles. The normalized spacial score (nSPS) is 14.8. The summed E-state index contributed by atoms with van der Waals surface area (Å²) in [5.41, 5.74) is 16.5. The van der Waals surface area contributed by atoms with E-state index in [0.29, 0.717) is 22.1 Å². The Labute approximate surface area is 197 Å². The Kier molecular flexibility index (Phi) is 13.0. The van der Waals surface area contributed by atoms with Gasteiger partial charge in [0.05, 0.1) is 0 Å². The number of alkyl halides is 1. The quantitative estimate of drug-likeness (QED) is 0.113. The largest absolute Gasteiger partial charge is 0.398 e. The predicted molar refractivity (Wildman–Crippen MR) is 141 cm³/mol. The first-order valence-corrected chi connectivity index (χ1v) is 12.5.